The molecule has 142 valence electrons. The molecule has 0 unspecified atom stereocenters. The van der Waals surface area contributed by atoms with Gasteiger partial charge >= 0.3 is 0 Å². The molecule has 2 heterocycles. The molecule has 0 spiro atoms. The van der Waals surface area contributed by atoms with E-state index in [1.54, 1.807) is 28.6 Å². The fraction of sp³-hybridized carbons (Fsp3) is 0.150. The summed E-state index contributed by atoms with van der Waals surface area (Å²) >= 11 is 1.33. The van der Waals surface area contributed by atoms with E-state index < -0.39 is 0 Å². The van der Waals surface area contributed by atoms with Gasteiger partial charge < -0.3 is 0 Å². The molecular formula is C20H19N5O2S. The monoisotopic (exact) mass is 393 g/mol. The summed E-state index contributed by atoms with van der Waals surface area (Å²) < 4.78 is 0. The lowest BCUT2D eigenvalue weighted by molar-refractivity contribution is -0.115. The van der Waals surface area contributed by atoms with E-state index in [1.807, 2.05) is 32.0 Å². The molecule has 1 N–H and O–H groups in total. The lowest BCUT2D eigenvalue weighted by Crippen LogP contribution is -2.23. The van der Waals surface area contributed by atoms with Gasteiger partial charge in [-0.25, -0.2) is 10.4 Å². The molecule has 0 radical (unpaired) electrons. The Morgan fingerprint density at radius 1 is 1.21 bits per heavy atom. The van der Waals surface area contributed by atoms with Crippen LogP contribution in [-0.2, 0) is 4.79 Å². The third kappa shape index (κ3) is 4.29. The van der Waals surface area contributed by atoms with Crippen LogP contribution in [-0.4, -0.2) is 28.0 Å². The number of aryl methyl sites for hydroxylation is 1. The van der Waals surface area contributed by atoms with Gasteiger partial charge in [0.2, 0.25) is 5.91 Å². The van der Waals surface area contributed by atoms with Crippen molar-refractivity contribution in [3.8, 4) is 0 Å². The van der Waals surface area contributed by atoms with Crippen LogP contribution in [0.2, 0.25) is 0 Å². The minimum Gasteiger partial charge on any atom is -0.274 e. The molecule has 0 aliphatic rings. The van der Waals surface area contributed by atoms with E-state index in [4.69, 9.17) is 0 Å². The Balaban J connectivity index is 1.77. The first-order valence-electron chi connectivity index (χ1n) is 8.53. The van der Waals surface area contributed by atoms with Crippen molar-refractivity contribution in [2.75, 3.05) is 4.90 Å². The summed E-state index contributed by atoms with van der Waals surface area (Å²) in [5.74, 6) is -0.489. The van der Waals surface area contributed by atoms with E-state index in [-0.39, 0.29) is 11.8 Å². The molecule has 0 atom stereocenters. The minimum absolute atomic E-state index is 0.128. The van der Waals surface area contributed by atoms with Crippen LogP contribution >= 0.6 is 11.3 Å². The summed E-state index contributed by atoms with van der Waals surface area (Å²) in [5.41, 5.74) is 6.31. The minimum atomic E-state index is -0.361. The van der Waals surface area contributed by atoms with Gasteiger partial charge in [-0.05, 0) is 43.2 Å². The average Bonchev–Trinajstić information content (AvgIpc) is 3.14. The molecule has 8 heteroatoms. The summed E-state index contributed by atoms with van der Waals surface area (Å²) in [6.07, 6.45) is 4.49. The predicted molar refractivity (Wildman–Crippen MR) is 110 cm³/mol. The second-order valence-electron chi connectivity index (χ2n) is 6.07. The van der Waals surface area contributed by atoms with Crippen molar-refractivity contribution in [2.24, 2.45) is 5.10 Å². The fourth-order valence-electron chi connectivity index (χ4n) is 2.54. The van der Waals surface area contributed by atoms with Crippen LogP contribution in [0.1, 0.15) is 34.1 Å². The van der Waals surface area contributed by atoms with Crippen molar-refractivity contribution in [3.05, 3.63) is 70.5 Å². The maximum atomic E-state index is 12.3. The summed E-state index contributed by atoms with van der Waals surface area (Å²) in [7, 11) is 0. The fourth-order valence-corrected chi connectivity index (χ4v) is 3.37. The average molecular weight is 393 g/mol. The number of aromatic nitrogens is 2. The number of anilines is 2. The summed E-state index contributed by atoms with van der Waals surface area (Å²) in [6, 6.07) is 9.13. The van der Waals surface area contributed by atoms with E-state index in [0.29, 0.717) is 16.4 Å². The Labute approximate surface area is 166 Å². The summed E-state index contributed by atoms with van der Waals surface area (Å²) in [4.78, 5) is 34.2. The van der Waals surface area contributed by atoms with Gasteiger partial charge in [0.25, 0.3) is 5.91 Å². The zero-order valence-electron chi connectivity index (χ0n) is 15.7. The quantitative estimate of drug-likeness (QED) is 0.530. The highest BCUT2D eigenvalue weighted by Crippen LogP contribution is 2.32. The topological polar surface area (TPSA) is 87.5 Å². The van der Waals surface area contributed by atoms with Gasteiger partial charge in [0.15, 0.2) is 5.13 Å². The molecule has 2 amide bonds. The van der Waals surface area contributed by atoms with E-state index in [1.165, 1.54) is 30.7 Å². The number of nitrogens with one attached hydrogen (secondary N) is 1. The number of nitrogens with zero attached hydrogens (tertiary/aromatic N) is 4. The smallest absolute Gasteiger partial charge is 0.272 e. The number of carbonyl (C=O) groups excluding carboxylic acids is 2. The molecule has 2 aromatic heterocycles. The number of hydrogen-bond donors (Lipinski definition) is 1. The van der Waals surface area contributed by atoms with Crippen molar-refractivity contribution in [3.63, 3.8) is 0 Å². The summed E-state index contributed by atoms with van der Waals surface area (Å²) in [6.45, 7) is 5.48. The number of amides is 2. The molecule has 3 rings (SSSR count). The van der Waals surface area contributed by atoms with E-state index in [0.717, 1.165) is 16.8 Å². The third-order valence-electron chi connectivity index (χ3n) is 4.12. The van der Waals surface area contributed by atoms with Gasteiger partial charge in [-0.15, -0.1) is 11.3 Å². The van der Waals surface area contributed by atoms with Crippen LogP contribution in [0.15, 0.2) is 53.2 Å². The number of hydrazone groups is 1. The second kappa shape index (κ2) is 8.53. The Hall–Kier alpha value is -3.39. The Bertz CT molecular complexity index is 1030. The zero-order valence-corrected chi connectivity index (χ0v) is 16.5. The highest BCUT2D eigenvalue weighted by Gasteiger charge is 2.20. The highest BCUT2D eigenvalue weighted by atomic mass is 32.1. The lowest BCUT2D eigenvalue weighted by Gasteiger charge is -2.21. The maximum Gasteiger partial charge on any atom is 0.272 e. The molecule has 28 heavy (non-hydrogen) atoms. The van der Waals surface area contributed by atoms with Crippen LogP contribution in [0.25, 0.3) is 0 Å². The van der Waals surface area contributed by atoms with Crippen LogP contribution in [0.4, 0.5) is 10.8 Å². The number of hydrogen-bond acceptors (Lipinski definition) is 6. The molecule has 7 nitrogen and oxygen atoms in total. The normalized spacial score (nSPS) is 10.8. The van der Waals surface area contributed by atoms with Crippen LogP contribution in [0, 0.1) is 13.8 Å². The number of thiazole rings is 1. The summed E-state index contributed by atoms with van der Waals surface area (Å²) in [5, 5.41) is 6.25. The second-order valence-corrected chi connectivity index (χ2v) is 6.91. The zero-order chi connectivity index (χ0) is 20.1. The first-order chi connectivity index (χ1) is 13.5. The molecule has 0 saturated heterocycles. The van der Waals surface area contributed by atoms with Gasteiger partial charge in [0, 0.05) is 24.7 Å². The van der Waals surface area contributed by atoms with Crippen LogP contribution in [0.3, 0.4) is 0 Å². The Morgan fingerprint density at radius 3 is 2.75 bits per heavy atom. The van der Waals surface area contributed by atoms with Gasteiger partial charge in [-0.1, -0.05) is 12.1 Å². The van der Waals surface area contributed by atoms with E-state index >= 15 is 0 Å². The van der Waals surface area contributed by atoms with E-state index in [9.17, 15) is 9.59 Å². The van der Waals surface area contributed by atoms with Crippen LogP contribution < -0.4 is 10.3 Å². The highest BCUT2D eigenvalue weighted by molar-refractivity contribution is 7.14. The molecule has 0 aliphatic heterocycles. The van der Waals surface area contributed by atoms with Gasteiger partial charge in [-0.2, -0.15) is 5.10 Å². The van der Waals surface area contributed by atoms with Gasteiger partial charge in [-0.3, -0.25) is 19.5 Å². The maximum absolute atomic E-state index is 12.3. The largest absolute Gasteiger partial charge is 0.274 e. The molecule has 1 aromatic carbocycles. The SMILES string of the molecule is CC(=O)N(c1nc(/C=N\NC(=O)c2cccnc2)cs1)c1cccc(C)c1C. The Morgan fingerprint density at radius 2 is 2.04 bits per heavy atom. The van der Waals surface area contributed by atoms with Gasteiger partial charge in [0.05, 0.1) is 23.2 Å². The number of benzene rings is 1. The number of carbonyl (C=O) groups is 2. The Kier molecular flexibility index (Phi) is 5.90. The number of rotatable bonds is 5. The number of pyridine rings is 1. The molecule has 0 fully saturated rings. The van der Waals surface area contributed by atoms with E-state index in [2.05, 4.69) is 20.5 Å². The standard InChI is InChI=1S/C20H19N5O2S/c1-13-6-4-8-18(14(13)2)25(15(3)26)20-23-17(12-28-20)11-22-24-19(27)16-7-5-9-21-10-16/h4-12H,1-3H3,(H,24,27)/b22-11-. The van der Waals surface area contributed by atoms with Crippen molar-refractivity contribution >= 4 is 40.2 Å². The van der Waals surface area contributed by atoms with Crippen molar-refractivity contribution < 1.29 is 9.59 Å². The predicted octanol–water partition coefficient (Wildman–Crippen LogP) is 3.60. The van der Waals surface area contributed by atoms with Crippen molar-refractivity contribution in [2.45, 2.75) is 20.8 Å². The van der Waals surface area contributed by atoms with Crippen LogP contribution in [0.5, 0.6) is 0 Å². The first-order valence-corrected chi connectivity index (χ1v) is 9.41. The molecule has 3 aromatic rings. The molecule has 0 saturated carbocycles. The van der Waals surface area contributed by atoms with Crippen molar-refractivity contribution in [1.29, 1.82) is 0 Å². The molecule has 0 aliphatic carbocycles. The first kappa shape index (κ1) is 19.4. The lowest BCUT2D eigenvalue weighted by atomic mass is 10.1. The van der Waals surface area contributed by atoms with Crippen molar-refractivity contribution in [1.82, 2.24) is 15.4 Å². The van der Waals surface area contributed by atoms with Gasteiger partial charge in [0.1, 0.15) is 0 Å². The third-order valence-corrected chi connectivity index (χ3v) is 4.96. The molecular weight excluding hydrogens is 374 g/mol. The molecule has 0 bridgehead atoms.